The molecule has 0 aliphatic carbocycles. The van der Waals surface area contributed by atoms with Crippen molar-refractivity contribution in [3.8, 4) is 0 Å². The third-order valence-corrected chi connectivity index (χ3v) is 3.83. The normalized spacial score (nSPS) is 17.4. The average molecular weight is 278 g/mol. The Morgan fingerprint density at radius 1 is 1.11 bits per heavy atom. The third-order valence-electron chi connectivity index (χ3n) is 3.38. The molecule has 1 atom stereocenters. The van der Waals surface area contributed by atoms with Crippen LogP contribution in [0.3, 0.4) is 0 Å². The number of aryl methyl sites for hydroxylation is 1. The number of hydrogen-bond acceptors (Lipinski definition) is 1. The van der Waals surface area contributed by atoms with E-state index in [-0.39, 0.29) is 6.04 Å². The van der Waals surface area contributed by atoms with E-state index in [0.717, 1.165) is 16.5 Å². The lowest BCUT2D eigenvalue weighted by atomic mass is 10.0. The average Bonchev–Trinajstić information content (AvgIpc) is 2.73. The van der Waals surface area contributed by atoms with Crippen LogP contribution in [0.5, 0.6) is 0 Å². The minimum absolute atomic E-state index is 0.288. The molecule has 0 radical (unpaired) electrons. The summed E-state index contributed by atoms with van der Waals surface area (Å²) in [5, 5.41) is 5.14. The number of nitrogens with one attached hydrogen (secondary N) is 1. The van der Waals surface area contributed by atoms with Gasteiger partial charge in [0.15, 0.2) is 0 Å². The maximum atomic E-state index is 6.10. The lowest BCUT2D eigenvalue weighted by Crippen LogP contribution is -2.05. The summed E-state index contributed by atoms with van der Waals surface area (Å²) in [6, 6.07) is 12.3. The van der Waals surface area contributed by atoms with Crippen molar-refractivity contribution in [3.05, 3.63) is 63.1 Å². The quantitative estimate of drug-likeness (QED) is 0.773. The molecule has 1 aliphatic heterocycles. The summed E-state index contributed by atoms with van der Waals surface area (Å²) in [5.41, 5.74) is 4.91. The van der Waals surface area contributed by atoms with Crippen LogP contribution < -0.4 is 5.32 Å². The first kappa shape index (κ1) is 11.9. The Bertz CT molecular complexity index is 607. The van der Waals surface area contributed by atoms with Crippen molar-refractivity contribution in [2.75, 3.05) is 5.32 Å². The molecule has 3 rings (SSSR count). The standard InChI is InChI=1S/C15H13Cl2N/c1-9-5-13(17)7-11-8-14(18-15(9)11)10-3-2-4-12(16)6-10/h2-7,14,18H,8H2,1H3. The summed E-state index contributed by atoms with van der Waals surface area (Å²) in [7, 11) is 0. The second-order valence-corrected chi connectivity index (χ2v) is 5.59. The van der Waals surface area contributed by atoms with Gasteiger partial charge in [0, 0.05) is 15.7 Å². The molecule has 1 heterocycles. The topological polar surface area (TPSA) is 12.0 Å². The summed E-state index contributed by atoms with van der Waals surface area (Å²) in [5.74, 6) is 0. The van der Waals surface area contributed by atoms with Crippen LogP contribution in [0.2, 0.25) is 10.0 Å². The van der Waals surface area contributed by atoms with Gasteiger partial charge in [-0.3, -0.25) is 0 Å². The first-order chi connectivity index (χ1) is 8.63. The summed E-state index contributed by atoms with van der Waals surface area (Å²) in [6.45, 7) is 2.08. The first-order valence-electron chi connectivity index (χ1n) is 5.94. The van der Waals surface area contributed by atoms with E-state index in [1.807, 2.05) is 30.3 Å². The zero-order valence-corrected chi connectivity index (χ0v) is 11.5. The Morgan fingerprint density at radius 2 is 1.94 bits per heavy atom. The molecule has 1 unspecified atom stereocenters. The minimum atomic E-state index is 0.288. The Hall–Kier alpha value is -1.18. The number of fused-ring (bicyclic) bond motifs is 1. The number of benzene rings is 2. The van der Waals surface area contributed by atoms with Gasteiger partial charge in [-0.25, -0.2) is 0 Å². The monoisotopic (exact) mass is 277 g/mol. The highest BCUT2D eigenvalue weighted by Gasteiger charge is 2.23. The van der Waals surface area contributed by atoms with Crippen molar-refractivity contribution in [3.63, 3.8) is 0 Å². The molecule has 18 heavy (non-hydrogen) atoms. The third kappa shape index (κ3) is 2.09. The maximum absolute atomic E-state index is 6.10. The van der Waals surface area contributed by atoms with Crippen LogP contribution in [0.1, 0.15) is 22.7 Å². The predicted octanol–water partition coefficient (Wildman–Crippen LogP) is 5.01. The smallest absolute Gasteiger partial charge is 0.0555 e. The van der Waals surface area contributed by atoms with E-state index in [0.29, 0.717) is 0 Å². The van der Waals surface area contributed by atoms with Crippen LogP contribution in [0.15, 0.2) is 36.4 Å². The molecule has 0 amide bonds. The van der Waals surface area contributed by atoms with Crippen molar-refractivity contribution in [1.29, 1.82) is 0 Å². The van der Waals surface area contributed by atoms with Crippen molar-refractivity contribution >= 4 is 28.9 Å². The van der Waals surface area contributed by atoms with Crippen LogP contribution in [0.4, 0.5) is 5.69 Å². The van der Waals surface area contributed by atoms with Gasteiger partial charge in [0.05, 0.1) is 6.04 Å². The fourth-order valence-electron chi connectivity index (χ4n) is 2.55. The predicted molar refractivity (Wildman–Crippen MR) is 77.7 cm³/mol. The molecular weight excluding hydrogens is 265 g/mol. The molecule has 0 saturated carbocycles. The van der Waals surface area contributed by atoms with Crippen molar-refractivity contribution in [2.24, 2.45) is 0 Å². The highest BCUT2D eigenvalue weighted by molar-refractivity contribution is 6.31. The summed E-state index contributed by atoms with van der Waals surface area (Å²) >= 11 is 12.1. The van der Waals surface area contributed by atoms with E-state index >= 15 is 0 Å². The van der Waals surface area contributed by atoms with Crippen molar-refractivity contribution in [1.82, 2.24) is 0 Å². The van der Waals surface area contributed by atoms with Gasteiger partial charge in [-0.1, -0.05) is 35.3 Å². The second kappa shape index (κ2) is 4.49. The highest BCUT2D eigenvalue weighted by Crippen LogP contribution is 2.38. The molecule has 1 nitrogen and oxygen atoms in total. The molecule has 1 aliphatic rings. The summed E-state index contributed by atoms with van der Waals surface area (Å²) < 4.78 is 0. The van der Waals surface area contributed by atoms with Crippen LogP contribution in [-0.4, -0.2) is 0 Å². The Kier molecular flexibility index (Phi) is 2.96. The molecule has 0 bridgehead atoms. The van der Waals surface area contributed by atoms with E-state index in [1.165, 1.54) is 22.4 Å². The fraction of sp³-hybridized carbons (Fsp3) is 0.200. The molecular formula is C15H13Cl2N. The Labute approximate surface area is 117 Å². The second-order valence-electron chi connectivity index (χ2n) is 4.71. The van der Waals surface area contributed by atoms with Gasteiger partial charge < -0.3 is 5.32 Å². The van der Waals surface area contributed by atoms with Crippen molar-refractivity contribution < 1.29 is 0 Å². The first-order valence-corrected chi connectivity index (χ1v) is 6.70. The van der Waals surface area contributed by atoms with Gasteiger partial charge in [0.2, 0.25) is 0 Å². The molecule has 92 valence electrons. The van der Waals surface area contributed by atoms with Crippen LogP contribution in [0, 0.1) is 6.92 Å². The fourth-order valence-corrected chi connectivity index (χ4v) is 3.04. The van der Waals surface area contributed by atoms with Gasteiger partial charge in [-0.2, -0.15) is 0 Å². The number of hydrogen-bond donors (Lipinski definition) is 1. The SMILES string of the molecule is Cc1cc(Cl)cc2c1NC(c1cccc(Cl)c1)C2. The van der Waals surface area contributed by atoms with E-state index in [2.05, 4.69) is 18.3 Å². The van der Waals surface area contributed by atoms with Crippen molar-refractivity contribution in [2.45, 2.75) is 19.4 Å². The zero-order valence-electron chi connectivity index (χ0n) is 10.0. The Morgan fingerprint density at radius 3 is 2.72 bits per heavy atom. The molecule has 2 aromatic rings. The number of halogens is 2. The lowest BCUT2D eigenvalue weighted by Gasteiger charge is -2.12. The molecule has 2 aromatic carbocycles. The minimum Gasteiger partial charge on any atom is -0.377 e. The van der Waals surface area contributed by atoms with Gasteiger partial charge in [-0.05, 0) is 54.3 Å². The van der Waals surface area contributed by atoms with Gasteiger partial charge in [-0.15, -0.1) is 0 Å². The molecule has 0 spiro atoms. The van der Waals surface area contributed by atoms with Crippen LogP contribution in [0.25, 0.3) is 0 Å². The molecule has 0 aromatic heterocycles. The van der Waals surface area contributed by atoms with Gasteiger partial charge in [0.25, 0.3) is 0 Å². The van der Waals surface area contributed by atoms with E-state index in [4.69, 9.17) is 23.2 Å². The number of anilines is 1. The summed E-state index contributed by atoms with van der Waals surface area (Å²) in [6.07, 6.45) is 0.955. The molecule has 0 saturated heterocycles. The van der Waals surface area contributed by atoms with Crippen LogP contribution >= 0.6 is 23.2 Å². The largest absolute Gasteiger partial charge is 0.377 e. The summed E-state index contributed by atoms with van der Waals surface area (Å²) in [4.78, 5) is 0. The Balaban J connectivity index is 1.96. The van der Waals surface area contributed by atoms with E-state index < -0.39 is 0 Å². The molecule has 0 fully saturated rings. The van der Waals surface area contributed by atoms with E-state index in [9.17, 15) is 0 Å². The maximum Gasteiger partial charge on any atom is 0.0555 e. The zero-order chi connectivity index (χ0) is 12.7. The highest BCUT2D eigenvalue weighted by atomic mass is 35.5. The molecule has 3 heteroatoms. The number of rotatable bonds is 1. The molecule has 1 N–H and O–H groups in total. The lowest BCUT2D eigenvalue weighted by molar-refractivity contribution is 0.824. The van der Waals surface area contributed by atoms with Gasteiger partial charge in [0.1, 0.15) is 0 Å². The van der Waals surface area contributed by atoms with Gasteiger partial charge >= 0.3 is 0 Å². The van der Waals surface area contributed by atoms with Crippen LogP contribution in [-0.2, 0) is 6.42 Å². The van der Waals surface area contributed by atoms with E-state index in [1.54, 1.807) is 0 Å².